The van der Waals surface area contributed by atoms with Gasteiger partial charge in [0.1, 0.15) is 29.5 Å². The molecule has 0 aliphatic rings. The highest BCUT2D eigenvalue weighted by Gasteiger charge is 2.12. The third-order valence-corrected chi connectivity index (χ3v) is 3.08. The van der Waals surface area contributed by atoms with Gasteiger partial charge in [-0.2, -0.15) is 0 Å². The summed E-state index contributed by atoms with van der Waals surface area (Å²) in [6.45, 7) is 0.131. The van der Waals surface area contributed by atoms with Crippen LogP contribution in [0.2, 0.25) is 5.02 Å². The SMILES string of the molecule is COc1ccc(COc2ccc(F)c(Cl)c2)cc1C(=O)O. The first-order chi connectivity index (χ1) is 10.0. The van der Waals surface area contributed by atoms with Crippen LogP contribution < -0.4 is 9.47 Å². The fourth-order valence-corrected chi connectivity index (χ4v) is 1.92. The maximum absolute atomic E-state index is 13.0. The van der Waals surface area contributed by atoms with Crippen LogP contribution in [0.4, 0.5) is 4.39 Å². The van der Waals surface area contributed by atoms with Crippen LogP contribution >= 0.6 is 11.6 Å². The van der Waals surface area contributed by atoms with E-state index in [-0.39, 0.29) is 22.9 Å². The number of methoxy groups -OCH3 is 1. The number of carboxylic acids is 1. The van der Waals surface area contributed by atoms with Crippen molar-refractivity contribution in [2.75, 3.05) is 7.11 Å². The molecule has 4 nitrogen and oxygen atoms in total. The minimum absolute atomic E-state index is 0.0338. The molecule has 0 bridgehead atoms. The molecule has 1 N–H and O–H groups in total. The van der Waals surface area contributed by atoms with E-state index >= 15 is 0 Å². The van der Waals surface area contributed by atoms with Gasteiger partial charge in [-0.15, -0.1) is 0 Å². The largest absolute Gasteiger partial charge is 0.496 e. The highest BCUT2D eigenvalue weighted by Crippen LogP contribution is 2.23. The van der Waals surface area contributed by atoms with Crippen molar-refractivity contribution in [3.05, 3.63) is 58.4 Å². The Morgan fingerprint density at radius 2 is 2.05 bits per heavy atom. The molecule has 0 radical (unpaired) electrons. The molecule has 0 aromatic heterocycles. The molecule has 0 spiro atoms. The molecular formula is C15H12ClFO4. The Hall–Kier alpha value is -2.27. The lowest BCUT2D eigenvalue weighted by molar-refractivity contribution is 0.0693. The Balaban J connectivity index is 2.14. The number of halogens is 2. The van der Waals surface area contributed by atoms with Crippen molar-refractivity contribution in [3.8, 4) is 11.5 Å². The van der Waals surface area contributed by atoms with Crippen molar-refractivity contribution in [1.82, 2.24) is 0 Å². The Kier molecular flexibility index (Phi) is 4.65. The highest BCUT2D eigenvalue weighted by molar-refractivity contribution is 6.30. The lowest BCUT2D eigenvalue weighted by Gasteiger charge is -2.10. The third-order valence-electron chi connectivity index (χ3n) is 2.79. The van der Waals surface area contributed by atoms with Crippen LogP contribution in [0.5, 0.6) is 11.5 Å². The van der Waals surface area contributed by atoms with Crippen molar-refractivity contribution in [1.29, 1.82) is 0 Å². The van der Waals surface area contributed by atoms with Crippen LogP contribution in [0.15, 0.2) is 36.4 Å². The molecule has 2 aromatic carbocycles. The van der Waals surface area contributed by atoms with Gasteiger partial charge in [0.15, 0.2) is 0 Å². The predicted molar refractivity (Wildman–Crippen MR) is 75.7 cm³/mol. The molecule has 0 atom stereocenters. The first-order valence-corrected chi connectivity index (χ1v) is 6.37. The molecule has 2 rings (SSSR count). The number of aromatic carboxylic acids is 1. The zero-order valence-electron chi connectivity index (χ0n) is 11.1. The average molecular weight is 311 g/mol. The van der Waals surface area contributed by atoms with Crippen LogP contribution in [0.1, 0.15) is 15.9 Å². The van der Waals surface area contributed by atoms with E-state index in [1.165, 1.54) is 31.4 Å². The molecule has 0 aliphatic carbocycles. The number of rotatable bonds is 5. The van der Waals surface area contributed by atoms with Crippen LogP contribution in [0.25, 0.3) is 0 Å². The fraction of sp³-hybridized carbons (Fsp3) is 0.133. The number of ether oxygens (including phenoxy) is 2. The maximum Gasteiger partial charge on any atom is 0.339 e. The van der Waals surface area contributed by atoms with Crippen LogP contribution in [0, 0.1) is 5.82 Å². The van der Waals surface area contributed by atoms with Crippen LogP contribution in [-0.4, -0.2) is 18.2 Å². The van der Waals surface area contributed by atoms with Crippen molar-refractivity contribution in [3.63, 3.8) is 0 Å². The fourth-order valence-electron chi connectivity index (χ4n) is 1.75. The van der Waals surface area contributed by atoms with E-state index in [0.717, 1.165) is 0 Å². The van der Waals surface area contributed by atoms with Crippen molar-refractivity contribution >= 4 is 17.6 Å². The second kappa shape index (κ2) is 6.45. The van der Waals surface area contributed by atoms with Gasteiger partial charge in [0, 0.05) is 6.07 Å². The van der Waals surface area contributed by atoms with E-state index in [1.54, 1.807) is 12.1 Å². The Bertz CT molecular complexity index is 673. The number of carboxylic acid groups (broad SMARTS) is 1. The van der Waals surface area contributed by atoms with E-state index in [1.807, 2.05) is 0 Å². The Morgan fingerprint density at radius 1 is 1.29 bits per heavy atom. The van der Waals surface area contributed by atoms with Crippen molar-refractivity contribution in [2.24, 2.45) is 0 Å². The standard InChI is InChI=1S/C15H12ClFO4/c1-20-14-5-2-9(6-11(14)15(18)19)8-21-10-3-4-13(17)12(16)7-10/h2-7H,8H2,1H3,(H,18,19). The van der Waals surface area contributed by atoms with Gasteiger partial charge < -0.3 is 14.6 Å². The predicted octanol–water partition coefficient (Wildman–Crippen LogP) is 3.76. The Morgan fingerprint density at radius 3 is 2.67 bits per heavy atom. The van der Waals surface area contributed by atoms with Gasteiger partial charge >= 0.3 is 5.97 Å². The summed E-state index contributed by atoms with van der Waals surface area (Å²) in [5.74, 6) is -0.940. The minimum Gasteiger partial charge on any atom is -0.496 e. The summed E-state index contributed by atoms with van der Waals surface area (Å²) in [7, 11) is 1.40. The molecule has 110 valence electrons. The smallest absolute Gasteiger partial charge is 0.339 e. The molecule has 6 heteroatoms. The summed E-state index contributed by atoms with van der Waals surface area (Å²) < 4.78 is 23.4. The van der Waals surface area contributed by atoms with E-state index in [9.17, 15) is 9.18 Å². The number of hydrogen-bond donors (Lipinski definition) is 1. The van der Waals surface area contributed by atoms with Gasteiger partial charge in [0.2, 0.25) is 0 Å². The van der Waals surface area contributed by atoms with Gasteiger partial charge in [0.25, 0.3) is 0 Å². The normalized spacial score (nSPS) is 10.2. The summed E-state index contributed by atoms with van der Waals surface area (Å²) >= 11 is 5.65. The third kappa shape index (κ3) is 3.64. The highest BCUT2D eigenvalue weighted by atomic mass is 35.5. The summed E-state index contributed by atoms with van der Waals surface area (Å²) in [6.07, 6.45) is 0. The van der Waals surface area contributed by atoms with Gasteiger partial charge in [0.05, 0.1) is 12.1 Å². The van der Waals surface area contributed by atoms with E-state index in [2.05, 4.69) is 0 Å². The number of benzene rings is 2. The lowest BCUT2D eigenvalue weighted by Crippen LogP contribution is -2.03. The first-order valence-electron chi connectivity index (χ1n) is 5.99. The van der Waals surface area contributed by atoms with Gasteiger partial charge in [-0.05, 0) is 29.8 Å². The van der Waals surface area contributed by atoms with Crippen LogP contribution in [-0.2, 0) is 6.61 Å². The topological polar surface area (TPSA) is 55.8 Å². The second-order valence-electron chi connectivity index (χ2n) is 4.20. The molecule has 0 heterocycles. The maximum atomic E-state index is 13.0. The molecule has 0 aliphatic heterocycles. The van der Waals surface area contributed by atoms with Crippen LogP contribution in [0.3, 0.4) is 0 Å². The summed E-state index contributed by atoms with van der Waals surface area (Å²) in [6, 6.07) is 8.72. The van der Waals surface area contributed by atoms with E-state index in [4.69, 9.17) is 26.2 Å². The number of hydrogen-bond acceptors (Lipinski definition) is 3. The summed E-state index contributed by atoms with van der Waals surface area (Å²) in [5, 5.41) is 9.06. The quantitative estimate of drug-likeness (QED) is 0.913. The molecule has 0 saturated heterocycles. The minimum atomic E-state index is -1.08. The first kappa shape index (κ1) is 15.1. The van der Waals surface area contributed by atoms with Gasteiger partial charge in [-0.25, -0.2) is 9.18 Å². The molecule has 21 heavy (non-hydrogen) atoms. The number of carbonyl (C=O) groups is 1. The van der Waals surface area contributed by atoms with Crippen molar-refractivity contribution in [2.45, 2.75) is 6.61 Å². The summed E-state index contributed by atoms with van der Waals surface area (Å²) in [4.78, 5) is 11.1. The Labute approximate surface area is 125 Å². The van der Waals surface area contributed by atoms with Crippen molar-refractivity contribution < 1.29 is 23.8 Å². The van der Waals surface area contributed by atoms with Gasteiger partial charge in [-0.3, -0.25) is 0 Å². The van der Waals surface area contributed by atoms with E-state index < -0.39 is 11.8 Å². The molecular weight excluding hydrogens is 299 g/mol. The lowest BCUT2D eigenvalue weighted by atomic mass is 10.1. The molecule has 0 unspecified atom stereocenters. The second-order valence-corrected chi connectivity index (χ2v) is 4.61. The van der Waals surface area contributed by atoms with E-state index in [0.29, 0.717) is 11.3 Å². The van der Waals surface area contributed by atoms with Gasteiger partial charge in [-0.1, -0.05) is 17.7 Å². The summed E-state index contributed by atoms with van der Waals surface area (Å²) in [5.41, 5.74) is 0.699. The molecule has 0 saturated carbocycles. The average Bonchev–Trinajstić information content (AvgIpc) is 2.48. The monoisotopic (exact) mass is 310 g/mol. The zero-order valence-corrected chi connectivity index (χ0v) is 11.9. The zero-order chi connectivity index (χ0) is 15.4. The molecule has 2 aromatic rings. The molecule has 0 amide bonds. The molecule has 0 fully saturated rings.